The van der Waals surface area contributed by atoms with E-state index in [-0.39, 0.29) is 16.3 Å². The molecule has 0 unspecified atom stereocenters. The van der Waals surface area contributed by atoms with Crippen LogP contribution in [-0.2, 0) is 19.5 Å². The van der Waals surface area contributed by atoms with Gasteiger partial charge in [-0.2, -0.15) is 0 Å². The van der Waals surface area contributed by atoms with Crippen LogP contribution in [0.15, 0.2) is 16.9 Å². The average Bonchev–Trinajstić information content (AvgIpc) is 3.37. The smallest absolute Gasteiger partial charge is 0.255 e. The first kappa shape index (κ1) is 15.6. The molecule has 1 aliphatic heterocycles. The second kappa shape index (κ2) is 5.86. The number of nitrogens with one attached hydrogen (secondary N) is 1. The maximum atomic E-state index is 13.5. The molecule has 0 spiro atoms. The van der Waals surface area contributed by atoms with Gasteiger partial charge in [0.1, 0.15) is 17.4 Å². The number of halogens is 2. The molecule has 1 aromatic carbocycles. The number of aromatic hydroxyl groups is 1. The SMILES string of the molecule is O=c1[nH]c(C2CC2)nc2c1CN(Cc1cc(F)cc(Cl)c1O)CC2. The summed E-state index contributed by atoms with van der Waals surface area (Å²) in [4.78, 5) is 21.8. The number of hydrogen-bond donors (Lipinski definition) is 2. The van der Waals surface area contributed by atoms with Crippen LogP contribution in [0.3, 0.4) is 0 Å². The molecule has 2 aromatic rings. The predicted octanol–water partition coefficient (Wildman–Crippen LogP) is 2.70. The van der Waals surface area contributed by atoms with Gasteiger partial charge in [0.25, 0.3) is 5.56 Å². The molecular weight excluding hydrogens is 333 g/mol. The van der Waals surface area contributed by atoms with E-state index in [4.69, 9.17) is 11.6 Å². The Balaban J connectivity index is 1.58. The third kappa shape index (κ3) is 2.91. The lowest BCUT2D eigenvalue weighted by Gasteiger charge is -2.28. The molecular formula is C17H17ClFN3O2. The molecule has 2 heterocycles. The fourth-order valence-electron chi connectivity index (χ4n) is 3.17. The Kier molecular flexibility index (Phi) is 3.81. The highest BCUT2D eigenvalue weighted by atomic mass is 35.5. The van der Waals surface area contributed by atoms with Gasteiger partial charge in [0, 0.05) is 37.5 Å². The molecule has 0 radical (unpaired) electrons. The third-order valence-electron chi connectivity index (χ3n) is 4.63. The monoisotopic (exact) mass is 349 g/mol. The largest absolute Gasteiger partial charge is 0.506 e. The van der Waals surface area contributed by atoms with Crippen molar-refractivity contribution in [2.24, 2.45) is 0 Å². The standard InChI is InChI=1S/C17H17ClFN3O2/c18-13-6-11(19)5-10(15(13)23)7-22-4-3-14-12(8-22)17(24)21-16(20-14)9-1-2-9/h5-6,9,23H,1-4,7-8H2,(H,20,21,24). The van der Waals surface area contributed by atoms with Gasteiger partial charge in [-0.1, -0.05) is 11.6 Å². The lowest BCUT2D eigenvalue weighted by atomic mass is 10.1. The summed E-state index contributed by atoms with van der Waals surface area (Å²) in [5.74, 6) is 0.618. The van der Waals surface area contributed by atoms with Crippen LogP contribution in [-0.4, -0.2) is 26.5 Å². The van der Waals surface area contributed by atoms with E-state index in [2.05, 4.69) is 9.97 Å². The highest BCUT2D eigenvalue weighted by Gasteiger charge is 2.29. The fraction of sp³-hybridized carbons (Fsp3) is 0.412. The minimum atomic E-state index is -0.487. The molecule has 1 saturated carbocycles. The van der Waals surface area contributed by atoms with Crippen LogP contribution in [0.5, 0.6) is 5.75 Å². The molecule has 0 saturated heterocycles. The van der Waals surface area contributed by atoms with Crippen molar-refractivity contribution < 1.29 is 9.50 Å². The van der Waals surface area contributed by atoms with Crippen LogP contribution >= 0.6 is 11.6 Å². The molecule has 24 heavy (non-hydrogen) atoms. The van der Waals surface area contributed by atoms with Gasteiger partial charge in [-0.05, 0) is 25.0 Å². The van der Waals surface area contributed by atoms with E-state index >= 15 is 0 Å². The first-order valence-electron chi connectivity index (χ1n) is 8.02. The Labute approximate surface area is 143 Å². The van der Waals surface area contributed by atoms with Crippen LogP contribution in [0.4, 0.5) is 4.39 Å². The topological polar surface area (TPSA) is 69.2 Å². The Morgan fingerprint density at radius 2 is 2.21 bits per heavy atom. The third-order valence-corrected chi connectivity index (χ3v) is 4.92. The molecule has 7 heteroatoms. The zero-order valence-electron chi connectivity index (χ0n) is 13.0. The number of aromatic nitrogens is 2. The number of rotatable bonds is 3. The molecule has 4 rings (SSSR count). The van der Waals surface area contributed by atoms with Crippen LogP contribution in [0, 0.1) is 5.82 Å². The molecule has 0 bridgehead atoms. The molecule has 126 valence electrons. The molecule has 1 aliphatic carbocycles. The lowest BCUT2D eigenvalue weighted by Crippen LogP contribution is -2.35. The summed E-state index contributed by atoms with van der Waals surface area (Å²) in [7, 11) is 0. The number of benzene rings is 1. The van der Waals surface area contributed by atoms with E-state index < -0.39 is 5.82 Å². The second-order valence-electron chi connectivity index (χ2n) is 6.51. The van der Waals surface area contributed by atoms with Gasteiger partial charge in [-0.15, -0.1) is 0 Å². The van der Waals surface area contributed by atoms with Gasteiger partial charge in [-0.25, -0.2) is 9.37 Å². The van der Waals surface area contributed by atoms with Crippen molar-refractivity contribution in [3.63, 3.8) is 0 Å². The van der Waals surface area contributed by atoms with Crippen molar-refractivity contribution in [3.8, 4) is 5.75 Å². The quantitative estimate of drug-likeness (QED) is 0.894. The Bertz CT molecular complexity index is 864. The van der Waals surface area contributed by atoms with Crippen molar-refractivity contribution in [2.75, 3.05) is 6.54 Å². The predicted molar refractivity (Wildman–Crippen MR) is 87.7 cm³/mol. The Hall–Kier alpha value is -1.92. The molecule has 2 N–H and O–H groups in total. The van der Waals surface area contributed by atoms with Crippen molar-refractivity contribution >= 4 is 11.6 Å². The summed E-state index contributed by atoms with van der Waals surface area (Å²) in [5, 5.41) is 10.00. The summed E-state index contributed by atoms with van der Waals surface area (Å²) in [5.41, 5.74) is 1.85. The number of H-pyrrole nitrogens is 1. The molecule has 5 nitrogen and oxygen atoms in total. The first-order chi connectivity index (χ1) is 11.5. The summed E-state index contributed by atoms with van der Waals surface area (Å²) in [6, 6.07) is 2.36. The van der Waals surface area contributed by atoms with Gasteiger partial charge in [0.15, 0.2) is 0 Å². The molecule has 0 atom stereocenters. The van der Waals surface area contributed by atoms with Crippen molar-refractivity contribution in [3.05, 3.63) is 56.0 Å². The van der Waals surface area contributed by atoms with Crippen LogP contribution < -0.4 is 5.56 Å². The van der Waals surface area contributed by atoms with Crippen LogP contribution in [0.1, 0.15) is 41.4 Å². The number of phenols is 1. The summed E-state index contributed by atoms with van der Waals surface area (Å²) >= 11 is 5.82. The number of hydrogen-bond acceptors (Lipinski definition) is 4. The van der Waals surface area contributed by atoms with E-state index in [1.54, 1.807) is 0 Å². The van der Waals surface area contributed by atoms with Gasteiger partial charge < -0.3 is 10.1 Å². The second-order valence-corrected chi connectivity index (χ2v) is 6.91. The minimum Gasteiger partial charge on any atom is -0.506 e. The van der Waals surface area contributed by atoms with Crippen LogP contribution in [0.2, 0.25) is 5.02 Å². The average molecular weight is 350 g/mol. The lowest BCUT2D eigenvalue weighted by molar-refractivity contribution is 0.238. The highest BCUT2D eigenvalue weighted by Crippen LogP contribution is 2.38. The maximum Gasteiger partial charge on any atom is 0.255 e. The fourth-order valence-corrected chi connectivity index (χ4v) is 3.39. The zero-order valence-corrected chi connectivity index (χ0v) is 13.7. The molecule has 0 amide bonds. The molecule has 2 aliphatic rings. The van der Waals surface area contributed by atoms with E-state index in [0.29, 0.717) is 43.1 Å². The Morgan fingerprint density at radius 1 is 1.42 bits per heavy atom. The van der Waals surface area contributed by atoms with Crippen LogP contribution in [0.25, 0.3) is 0 Å². The number of phenolic OH excluding ortho intramolecular Hbond substituents is 1. The van der Waals surface area contributed by atoms with Gasteiger partial charge in [0.05, 0.1) is 16.3 Å². The first-order valence-corrected chi connectivity index (χ1v) is 8.40. The van der Waals surface area contributed by atoms with Gasteiger partial charge >= 0.3 is 0 Å². The Morgan fingerprint density at radius 3 is 2.96 bits per heavy atom. The van der Waals surface area contributed by atoms with E-state index in [0.717, 1.165) is 30.4 Å². The summed E-state index contributed by atoms with van der Waals surface area (Å²) in [6.07, 6.45) is 2.85. The van der Waals surface area contributed by atoms with Crippen molar-refractivity contribution in [2.45, 2.75) is 38.3 Å². The highest BCUT2D eigenvalue weighted by molar-refractivity contribution is 6.32. The molecule has 1 fully saturated rings. The maximum absolute atomic E-state index is 13.5. The van der Waals surface area contributed by atoms with E-state index in [1.165, 1.54) is 6.07 Å². The van der Waals surface area contributed by atoms with Crippen molar-refractivity contribution in [1.82, 2.24) is 14.9 Å². The van der Waals surface area contributed by atoms with E-state index in [9.17, 15) is 14.3 Å². The molecule has 1 aromatic heterocycles. The minimum absolute atomic E-state index is 0.00370. The number of aromatic amines is 1. The number of nitrogens with zero attached hydrogens (tertiary/aromatic N) is 2. The number of fused-ring (bicyclic) bond motifs is 1. The van der Waals surface area contributed by atoms with E-state index in [1.807, 2.05) is 4.90 Å². The zero-order chi connectivity index (χ0) is 16.8. The normalized spacial score (nSPS) is 17.8. The summed E-state index contributed by atoms with van der Waals surface area (Å²) in [6.45, 7) is 1.45. The van der Waals surface area contributed by atoms with Crippen molar-refractivity contribution in [1.29, 1.82) is 0 Å². The summed E-state index contributed by atoms with van der Waals surface area (Å²) < 4.78 is 13.5. The van der Waals surface area contributed by atoms with Gasteiger partial charge in [0.2, 0.25) is 0 Å². The van der Waals surface area contributed by atoms with Gasteiger partial charge in [-0.3, -0.25) is 9.69 Å².